The zero-order valence-electron chi connectivity index (χ0n) is 13.9. The lowest BCUT2D eigenvalue weighted by Gasteiger charge is -2.01. The number of rotatable bonds is 6. The van der Waals surface area contributed by atoms with E-state index in [1.807, 2.05) is 60.7 Å². The first kappa shape index (κ1) is 19.0. The Kier molecular flexibility index (Phi) is 7.04. The predicted molar refractivity (Wildman–Crippen MR) is 109 cm³/mol. The van der Waals surface area contributed by atoms with Gasteiger partial charge in [-0.05, 0) is 77.5 Å². The molecule has 0 fully saturated rings. The first-order valence-corrected chi connectivity index (χ1v) is 9.21. The van der Waals surface area contributed by atoms with Gasteiger partial charge in [0.25, 0.3) is 0 Å². The average molecular weight is 367 g/mol. The van der Waals surface area contributed by atoms with Crippen molar-refractivity contribution in [3.63, 3.8) is 0 Å². The van der Waals surface area contributed by atoms with Crippen molar-refractivity contribution in [1.82, 2.24) is 0 Å². The van der Waals surface area contributed by atoms with Crippen LogP contribution in [0.3, 0.4) is 0 Å². The normalized spacial score (nSPS) is 10.6. The van der Waals surface area contributed by atoms with Gasteiger partial charge in [0.15, 0.2) is 0 Å². The van der Waals surface area contributed by atoms with Gasteiger partial charge in [0.05, 0.1) is 0 Å². The zero-order chi connectivity index (χ0) is 18.2. The molecule has 0 N–H and O–H groups in total. The quantitative estimate of drug-likeness (QED) is 0.364. The highest BCUT2D eigenvalue weighted by Crippen LogP contribution is 2.23. The van der Waals surface area contributed by atoms with Gasteiger partial charge in [0.1, 0.15) is 0 Å². The van der Waals surface area contributed by atoms with Crippen LogP contribution in [0.5, 0.6) is 0 Å². The van der Waals surface area contributed by atoms with Crippen LogP contribution in [0.2, 0.25) is 0 Å². The first-order valence-electron chi connectivity index (χ1n) is 7.58. The van der Waals surface area contributed by atoms with E-state index >= 15 is 0 Å². The van der Waals surface area contributed by atoms with E-state index in [0.29, 0.717) is 5.57 Å². The highest BCUT2D eigenvalue weighted by molar-refractivity contribution is 8.14. The second-order valence-corrected chi connectivity index (χ2v) is 7.39. The van der Waals surface area contributed by atoms with Gasteiger partial charge in [-0.2, -0.15) is 0 Å². The van der Waals surface area contributed by atoms with Gasteiger partial charge in [0, 0.05) is 9.79 Å². The summed E-state index contributed by atoms with van der Waals surface area (Å²) < 4.78 is 0. The van der Waals surface area contributed by atoms with Crippen LogP contribution in [-0.2, 0) is 9.59 Å². The number of hydrogen-bond acceptors (Lipinski definition) is 4. The minimum atomic E-state index is -0.0635. The molecule has 0 aliphatic rings. The molecule has 0 amide bonds. The van der Waals surface area contributed by atoms with Crippen molar-refractivity contribution in [2.24, 2.45) is 0 Å². The van der Waals surface area contributed by atoms with Crippen molar-refractivity contribution in [2.75, 3.05) is 0 Å². The van der Waals surface area contributed by atoms with E-state index in [-0.39, 0.29) is 10.2 Å². The molecule has 25 heavy (non-hydrogen) atoms. The Bertz CT molecular complexity index is 816. The van der Waals surface area contributed by atoms with E-state index in [9.17, 15) is 9.59 Å². The molecule has 0 saturated carbocycles. The van der Waals surface area contributed by atoms with Crippen molar-refractivity contribution in [2.45, 2.75) is 16.7 Å². The molecule has 0 atom stereocenters. The minimum Gasteiger partial charge on any atom is -0.282 e. The Morgan fingerprint density at radius 3 is 1.68 bits per heavy atom. The summed E-state index contributed by atoms with van der Waals surface area (Å²) in [5.74, 6) is 0. The molecule has 0 aromatic heterocycles. The smallest absolute Gasteiger partial charge is 0.219 e. The molecule has 126 valence electrons. The summed E-state index contributed by atoms with van der Waals surface area (Å²) in [5, 5.41) is -0.0810. The number of thioether (sulfide) groups is 2. The predicted octanol–water partition coefficient (Wildman–Crippen LogP) is 5.86. The maximum atomic E-state index is 11.6. The molecule has 2 rings (SSSR count). The van der Waals surface area contributed by atoms with Crippen LogP contribution < -0.4 is 0 Å². The zero-order valence-corrected chi connectivity index (χ0v) is 15.5. The van der Waals surface area contributed by atoms with Gasteiger partial charge < -0.3 is 0 Å². The molecule has 2 aromatic rings. The Hall–Kier alpha value is -2.30. The number of benzene rings is 2. The fourth-order valence-corrected chi connectivity index (χ4v) is 3.09. The largest absolute Gasteiger partial charge is 0.282 e. The van der Waals surface area contributed by atoms with Crippen LogP contribution in [0.25, 0.3) is 12.2 Å². The molecule has 2 nitrogen and oxygen atoms in total. The summed E-state index contributed by atoms with van der Waals surface area (Å²) in [4.78, 5) is 24.7. The fraction of sp³-hybridized carbons (Fsp3) is 0.0476. The van der Waals surface area contributed by atoms with Crippen molar-refractivity contribution < 1.29 is 9.59 Å². The van der Waals surface area contributed by atoms with Gasteiger partial charge >= 0.3 is 0 Å². The van der Waals surface area contributed by atoms with E-state index in [1.165, 1.54) is 17.8 Å². The van der Waals surface area contributed by atoms with Crippen molar-refractivity contribution in [3.05, 3.63) is 84.5 Å². The maximum absolute atomic E-state index is 11.6. The van der Waals surface area contributed by atoms with Crippen LogP contribution in [-0.4, -0.2) is 10.2 Å². The monoisotopic (exact) mass is 366 g/mol. The fourth-order valence-electron chi connectivity index (χ4n) is 1.84. The standard InChI is InChI=1S/C21H18O2S2/c1-4-20(22)24-18-11-7-16(8-12-18)5-6-17-9-13-19(14-10-17)25-21(23)15(2)3/h4-14H,1-2H2,3H3/b6-5+. The SMILES string of the molecule is C=CC(=O)Sc1ccc(/C=C/c2ccc(SC(=O)C(=C)C)cc2)cc1. The molecule has 0 heterocycles. The average Bonchev–Trinajstić information content (AvgIpc) is 2.62. The van der Waals surface area contributed by atoms with E-state index in [1.54, 1.807) is 6.92 Å². The van der Waals surface area contributed by atoms with Crippen molar-refractivity contribution in [3.8, 4) is 0 Å². The van der Waals surface area contributed by atoms with Gasteiger partial charge in [-0.25, -0.2) is 0 Å². The molecule has 0 bridgehead atoms. The Balaban J connectivity index is 1.99. The summed E-state index contributed by atoms with van der Waals surface area (Å²) in [6, 6.07) is 15.5. The Labute approximate surface area is 156 Å². The highest BCUT2D eigenvalue weighted by atomic mass is 32.2. The number of carbonyl (C=O) groups excluding carboxylic acids is 2. The van der Waals surface area contributed by atoms with Gasteiger partial charge in [0.2, 0.25) is 10.2 Å². The third-order valence-corrected chi connectivity index (χ3v) is 5.09. The summed E-state index contributed by atoms with van der Waals surface area (Å²) in [6.45, 7) is 8.83. The molecule has 4 heteroatoms. The van der Waals surface area contributed by atoms with Crippen molar-refractivity contribution in [1.29, 1.82) is 0 Å². The molecular formula is C21H18O2S2. The van der Waals surface area contributed by atoms with Gasteiger partial charge in [-0.15, -0.1) is 0 Å². The Morgan fingerprint density at radius 2 is 1.28 bits per heavy atom. The second kappa shape index (κ2) is 9.25. The lowest BCUT2D eigenvalue weighted by atomic mass is 10.1. The molecule has 0 unspecified atom stereocenters. The molecule has 0 aliphatic heterocycles. The minimum absolute atomic E-state index is 0.0174. The lowest BCUT2D eigenvalue weighted by molar-refractivity contribution is -0.108. The van der Waals surface area contributed by atoms with E-state index < -0.39 is 0 Å². The third kappa shape index (κ3) is 6.25. The summed E-state index contributed by atoms with van der Waals surface area (Å²) >= 11 is 2.34. The topological polar surface area (TPSA) is 34.1 Å². The van der Waals surface area contributed by atoms with Crippen LogP contribution in [0, 0.1) is 0 Å². The first-order chi connectivity index (χ1) is 12.0. The number of hydrogen-bond donors (Lipinski definition) is 0. The van der Waals surface area contributed by atoms with Gasteiger partial charge in [-0.3, -0.25) is 9.59 Å². The lowest BCUT2D eigenvalue weighted by Crippen LogP contribution is -1.90. The summed E-state index contributed by atoms with van der Waals surface area (Å²) in [7, 11) is 0. The van der Waals surface area contributed by atoms with Crippen LogP contribution in [0.1, 0.15) is 18.1 Å². The second-order valence-electron chi connectivity index (χ2n) is 5.27. The van der Waals surface area contributed by atoms with E-state index in [4.69, 9.17) is 0 Å². The molecule has 0 aliphatic carbocycles. The van der Waals surface area contributed by atoms with E-state index in [2.05, 4.69) is 13.2 Å². The summed E-state index contributed by atoms with van der Waals surface area (Å²) in [5.41, 5.74) is 2.64. The van der Waals surface area contributed by atoms with E-state index in [0.717, 1.165) is 32.7 Å². The van der Waals surface area contributed by atoms with Crippen LogP contribution in [0.4, 0.5) is 0 Å². The molecule has 2 aromatic carbocycles. The molecule has 0 saturated heterocycles. The maximum Gasteiger partial charge on any atom is 0.219 e. The molecule has 0 radical (unpaired) electrons. The van der Waals surface area contributed by atoms with Crippen LogP contribution in [0.15, 0.2) is 83.1 Å². The van der Waals surface area contributed by atoms with Gasteiger partial charge in [-0.1, -0.05) is 49.6 Å². The summed E-state index contributed by atoms with van der Waals surface area (Å²) in [6.07, 6.45) is 5.32. The highest BCUT2D eigenvalue weighted by Gasteiger charge is 2.04. The Morgan fingerprint density at radius 1 is 0.840 bits per heavy atom. The van der Waals surface area contributed by atoms with Crippen LogP contribution >= 0.6 is 23.5 Å². The molecule has 0 spiro atoms. The third-order valence-electron chi connectivity index (χ3n) is 3.17. The molecular weight excluding hydrogens is 348 g/mol. The number of carbonyl (C=O) groups is 2. The van der Waals surface area contributed by atoms with Crippen molar-refractivity contribution >= 4 is 45.9 Å².